The van der Waals surface area contributed by atoms with Crippen molar-refractivity contribution in [3.05, 3.63) is 92.6 Å². The number of nitrogens with two attached hydrogens (primary N) is 1. The minimum atomic E-state index is -1.33. The summed E-state index contributed by atoms with van der Waals surface area (Å²) in [6.07, 6.45) is 0.261. The van der Waals surface area contributed by atoms with Crippen LogP contribution >= 0.6 is 0 Å². The molecule has 204 valence electrons. The highest BCUT2D eigenvalue weighted by atomic mass is 16.5. The zero-order valence-corrected chi connectivity index (χ0v) is 21.7. The second-order valence-corrected chi connectivity index (χ2v) is 9.05. The van der Waals surface area contributed by atoms with Crippen molar-refractivity contribution in [2.45, 2.75) is 32.0 Å². The van der Waals surface area contributed by atoms with Crippen LogP contribution in [0.15, 0.2) is 70.3 Å². The first-order valence-electron chi connectivity index (χ1n) is 12.4. The fourth-order valence-corrected chi connectivity index (χ4v) is 4.65. The first-order valence-corrected chi connectivity index (χ1v) is 12.4. The molecule has 12 heteroatoms. The Balaban J connectivity index is 1.73. The lowest BCUT2D eigenvalue weighted by atomic mass is 9.87. The molecule has 1 fully saturated rings. The van der Waals surface area contributed by atoms with Crippen LogP contribution in [0.4, 0.5) is 16.3 Å². The molecular weight excluding hydrogens is 504 g/mol. The van der Waals surface area contributed by atoms with Gasteiger partial charge in [-0.1, -0.05) is 67.6 Å². The molecule has 4 N–H and O–H groups in total. The van der Waals surface area contributed by atoms with E-state index in [1.54, 1.807) is 67.6 Å². The maximum Gasteiger partial charge on any atom is 0.330 e. The number of carbonyl (C=O) groups excluding carboxylic acids is 3. The molecule has 0 spiro atoms. The Morgan fingerprint density at radius 3 is 2.28 bits per heavy atom. The van der Waals surface area contributed by atoms with E-state index in [4.69, 9.17) is 10.5 Å². The molecule has 1 aromatic heterocycles. The summed E-state index contributed by atoms with van der Waals surface area (Å²) in [4.78, 5) is 69.9. The van der Waals surface area contributed by atoms with E-state index in [0.29, 0.717) is 11.1 Å². The van der Waals surface area contributed by atoms with Crippen LogP contribution in [-0.4, -0.2) is 52.6 Å². The Labute approximate surface area is 224 Å². The summed E-state index contributed by atoms with van der Waals surface area (Å²) in [5.41, 5.74) is 4.28. The van der Waals surface area contributed by atoms with Crippen LogP contribution in [0.25, 0.3) is 0 Å². The van der Waals surface area contributed by atoms with Gasteiger partial charge in [-0.05, 0) is 17.5 Å². The second-order valence-electron chi connectivity index (χ2n) is 9.05. The molecule has 2 aromatic carbocycles. The molecule has 4 rings (SSSR count). The zero-order chi connectivity index (χ0) is 28.2. The van der Waals surface area contributed by atoms with Crippen LogP contribution in [0.2, 0.25) is 0 Å². The summed E-state index contributed by atoms with van der Waals surface area (Å²) in [6.45, 7) is 1.17. The van der Waals surface area contributed by atoms with Crippen LogP contribution < -0.4 is 27.2 Å². The molecule has 0 aliphatic carbocycles. The Morgan fingerprint density at radius 2 is 1.67 bits per heavy atom. The number of nitrogens with one attached hydrogen (secondary N) is 2. The summed E-state index contributed by atoms with van der Waals surface area (Å²) >= 11 is 0. The average Bonchev–Trinajstić information content (AvgIpc) is 3.18. The number of carbonyl (C=O) groups is 3. The van der Waals surface area contributed by atoms with Crippen LogP contribution in [-0.2, 0) is 33.0 Å². The highest BCUT2D eigenvalue weighted by Crippen LogP contribution is 2.32. The van der Waals surface area contributed by atoms with Crippen molar-refractivity contribution in [1.29, 1.82) is 0 Å². The molecule has 0 bridgehead atoms. The summed E-state index contributed by atoms with van der Waals surface area (Å²) in [5.74, 6) is -1.56. The third-order valence-corrected chi connectivity index (χ3v) is 6.75. The van der Waals surface area contributed by atoms with Crippen molar-refractivity contribution in [3.8, 4) is 0 Å². The number of amides is 4. The third kappa shape index (κ3) is 5.18. The van der Waals surface area contributed by atoms with Crippen molar-refractivity contribution in [1.82, 2.24) is 19.8 Å². The molecule has 0 radical (unpaired) electrons. The highest BCUT2D eigenvalue weighted by Gasteiger charge is 2.52. The number of methoxy groups -OCH3 is 1. The van der Waals surface area contributed by atoms with E-state index in [1.165, 1.54) is 7.11 Å². The summed E-state index contributed by atoms with van der Waals surface area (Å²) in [6, 6.07) is 16.9. The SMILES string of the molecule is CCC1(c2ccccc2)NC(=O)N(CC(=O)N(Cc2ccccc2)c2c(N)n(CCOC)c(=O)[nH]c2=O)C1=O. The largest absolute Gasteiger partial charge is 0.383 e. The Morgan fingerprint density at radius 1 is 1.03 bits per heavy atom. The topological polar surface area (TPSA) is 160 Å². The van der Waals surface area contributed by atoms with E-state index in [1.807, 2.05) is 0 Å². The van der Waals surface area contributed by atoms with Crippen LogP contribution in [0.5, 0.6) is 0 Å². The fraction of sp³-hybridized carbons (Fsp3) is 0.296. The molecule has 3 aromatic rings. The van der Waals surface area contributed by atoms with Gasteiger partial charge in [0.05, 0.1) is 19.7 Å². The van der Waals surface area contributed by atoms with Gasteiger partial charge in [0, 0.05) is 7.11 Å². The molecule has 12 nitrogen and oxygen atoms in total. The molecule has 1 aliphatic heterocycles. The predicted molar refractivity (Wildman–Crippen MR) is 144 cm³/mol. The number of rotatable bonds is 10. The third-order valence-electron chi connectivity index (χ3n) is 6.75. The Hall–Kier alpha value is -4.71. The van der Waals surface area contributed by atoms with Crippen molar-refractivity contribution in [2.75, 3.05) is 30.9 Å². The molecule has 0 saturated carbocycles. The van der Waals surface area contributed by atoms with E-state index in [0.717, 1.165) is 14.4 Å². The summed E-state index contributed by atoms with van der Waals surface area (Å²) in [7, 11) is 1.45. The van der Waals surface area contributed by atoms with E-state index >= 15 is 0 Å². The number of anilines is 2. The van der Waals surface area contributed by atoms with Gasteiger partial charge in [0.1, 0.15) is 17.9 Å². The van der Waals surface area contributed by atoms with E-state index in [-0.39, 0.29) is 37.6 Å². The number of aromatic nitrogens is 2. The van der Waals surface area contributed by atoms with Gasteiger partial charge in [0.15, 0.2) is 5.69 Å². The maximum atomic E-state index is 13.8. The van der Waals surface area contributed by atoms with Gasteiger partial charge in [0.2, 0.25) is 5.91 Å². The van der Waals surface area contributed by atoms with Crippen molar-refractivity contribution >= 4 is 29.4 Å². The molecule has 1 atom stereocenters. The number of hydrogen-bond acceptors (Lipinski definition) is 7. The molecule has 1 unspecified atom stereocenters. The molecule has 1 saturated heterocycles. The van der Waals surface area contributed by atoms with Gasteiger partial charge < -0.3 is 15.8 Å². The number of aromatic amines is 1. The van der Waals surface area contributed by atoms with Crippen LogP contribution in [0, 0.1) is 0 Å². The number of hydrogen-bond donors (Lipinski definition) is 3. The van der Waals surface area contributed by atoms with Crippen molar-refractivity contribution in [2.24, 2.45) is 0 Å². The summed E-state index contributed by atoms with van der Waals surface area (Å²) in [5, 5.41) is 2.74. The van der Waals surface area contributed by atoms with Gasteiger partial charge >= 0.3 is 11.7 Å². The number of urea groups is 1. The van der Waals surface area contributed by atoms with Gasteiger partial charge in [-0.25, -0.2) is 9.59 Å². The Bertz CT molecular complexity index is 1490. The maximum absolute atomic E-state index is 13.8. The van der Waals surface area contributed by atoms with E-state index < -0.39 is 41.2 Å². The quantitative estimate of drug-likeness (QED) is 0.329. The number of imide groups is 1. The lowest BCUT2D eigenvalue weighted by molar-refractivity contribution is -0.134. The van der Waals surface area contributed by atoms with Crippen molar-refractivity contribution < 1.29 is 19.1 Å². The van der Waals surface area contributed by atoms with Gasteiger partial charge in [-0.15, -0.1) is 0 Å². The van der Waals surface area contributed by atoms with Gasteiger partial charge in [-0.3, -0.25) is 33.7 Å². The number of H-pyrrole nitrogens is 1. The average molecular weight is 535 g/mol. The predicted octanol–water partition coefficient (Wildman–Crippen LogP) is 1.16. The first-order chi connectivity index (χ1) is 18.7. The van der Waals surface area contributed by atoms with Gasteiger partial charge in [0.25, 0.3) is 11.5 Å². The standard InChI is InChI=1S/C27H30N6O6/c1-3-27(19-12-8-5-9-13-19)24(36)33(26(38)30-27)17-20(34)32(16-18-10-6-4-7-11-18)21-22(28)31(14-15-39-2)25(37)29-23(21)35/h4-13H,3,14-17,28H2,1-2H3,(H,30,38)(H,29,35,37). The minimum absolute atomic E-state index is 0.0292. The number of ether oxygens (including phenoxy) is 1. The number of nitrogens with zero attached hydrogens (tertiary/aromatic N) is 3. The first kappa shape index (κ1) is 27.3. The second kappa shape index (κ2) is 11.4. The molecule has 1 aliphatic rings. The smallest absolute Gasteiger partial charge is 0.330 e. The van der Waals surface area contributed by atoms with Crippen LogP contribution in [0.1, 0.15) is 24.5 Å². The zero-order valence-electron chi connectivity index (χ0n) is 21.7. The monoisotopic (exact) mass is 534 g/mol. The molecule has 2 heterocycles. The normalized spacial score (nSPS) is 16.8. The minimum Gasteiger partial charge on any atom is -0.383 e. The Kier molecular flexibility index (Phi) is 7.96. The lowest BCUT2D eigenvalue weighted by Gasteiger charge is -2.27. The molecule has 4 amide bonds. The number of nitrogen functional groups attached to an aromatic ring is 1. The molecule has 39 heavy (non-hydrogen) atoms. The number of benzene rings is 2. The van der Waals surface area contributed by atoms with E-state index in [2.05, 4.69) is 10.3 Å². The fourth-order valence-electron chi connectivity index (χ4n) is 4.65. The molecular formula is C27H30N6O6. The summed E-state index contributed by atoms with van der Waals surface area (Å²) < 4.78 is 6.13. The highest BCUT2D eigenvalue weighted by molar-refractivity contribution is 6.11. The van der Waals surface area contributed by atoms with Crippen LogP contribution in [0.3, 0.4) is 0 Å². The van der Waals surface area contributed by atoms with Gasteiger partial charge in [-0.2, -0.15) is 0 Å². The lowest BCUT2D eigenvalue weighted by Crippen LogP contribution is -2.47. The van der Waals surface area contributed by atoms with Crippen molar-refractivity contribution in [3.63, 3.8) is 0 Å². The van der Waals surface area contributed by atoms with E-state index in [9.17, 15) is 24.0 Å².